The second kappa shape index (κ2) is 12.8. The van der Waals surface area contributed by atoms with Crippen molar-refractivity contribution in [3.63, 3.8) is 0 Å². The lowest BCUT2D eigenvalue weighted by Gasteiger charge is -2.28. The Bertz CT molecular complexity index is 1550. The van der Waals surface area contributed by atoms with Gasteiger partial charge in [0, 0.05) is 70.2 Å². The number of pyridine rings is 2. The van der Waals surface area contributed by atoms with Crippen molar-refractivity contribution in [1.29, 1.82) is 0 Å². The van der Waals surface area contributed by atoms with Gasteiger partial charge < -0.3 is 13.3 Å². The van der Waals surface area contributed by atoms with Gasteiger partial charge in [-0.25, -0.2) is 14.2 Å². The minimum absolute atomic E-state index is 0.589. The van der Waals surface area contributed by atoms with Gasteiger partial charge >= 0.3 is 8.80 Å². The van der Waals surface area contributed by atoms with Gasteiger partial charge in [-0.1, -0.05) is 0 Å². The highest BCUT2D eigenvalue weighted by molar-refractivity contribution is 7.16. The summed E-state index contributed by atoms with van der Waals surface area (Å²) in [5.41, 5.74) is 5.04. The van der Waals surface area contributed by atoms with E-state index < -0.39 is 8.80 Å². The van der Waals surface area contributed by atoms with E-state index in [0.717, 1.165) is 56.8 Å². The lowest BCUT2D eigenvalue weighted by molar-refractivity contribution is -0.696. The molecule has 0 fully saturated rings. The van der Waals surface area contributed by atoms with Crippen LogP contribution in [-0.2, 0) is 19.8 Å². The molecule has 11 heteroatoms. The zero-order valence-electron chi connectivity index (χ0n) is 23.6. The number of aromatic nitrogens is 4. The fourth-order valence-electron chi connectivity index (χ4n) is 4.83. The van der Waals surface area contributed by atoms with Crippen LogP contribution in [0.25, 0.3) is 43.3 Å². The third kappa shape index (κ3) is 6.09. The maximum absolute atomic E-state index is 6.02. The molecule has 8 nitrogen and oxygen atoms in total. The van der Waals surface area contributed by atoms with Crippen LogP contribution in [0.1, 0.15) is 36.9 Å². The van der Waals surface area contributed by atoms with E-state index in [1.165, 1.54) is 9.75 Å². The zero-order valence-corrected chi connectivity index (χ0v) is 26.2. The quantitative estimate of drug-likeness (QED) is 0.106. The molecule has 0 saturated carbocycles. The SMILES string of the molecule is CCO[Si](CCC[n+]1ccc(-c2nc(-c3ccc(C)s3)c3nonc3c2-c2ccc(C)s2)cc1)(OCC)OCC. The van der Waals surface area contributed by atoms with Gasteiger partial charge in [0.15, 0.2) is 17.9 Å². The predicted octanol–water partition coefficient (Wildman–Crippen LogP) is 7.08. The molecule has 0 spiro atoms. The Labute approximate surface area is 243 Å². The first-order valence-corrected chi connectivity index (χ1v) is 17.2. The average Bonchev–Trinajstić information content (AvgIpc) is 3.70. The lowest BCUT2D eigenvalue weighted by Crippen LogP contribution is -2.46. The summed E-state index contributed by atoms with van der Waals surface area (Å²) >= 11 is 3.41. The molecule has 5 aromatic rings. The number of aryl methyl sites for hydroxylation is 3. The van der Waals surface area contributed by atoms with Gasteiger partial charge in [-0.15, -0.1) is 22.7 Å². The second-order valence-electron chi connectivity index (χ2n) is 9.38. The molecule has 0 aromatic carbocycles. The first-order valence-electron chi connectivity index (χ1n) is 13.7. The van der Waals surface area contributed by atoms with Crippen LogP contribution in [0.5, 0.6) is 0 Å². The van der Waals surface area contributed by atoms with E-state index >= 15 is 0 Å². The fourth-order valence-corrected chi connectivity index (χ4v) is 9.20. The molecule has 0 unspecified atom stereocenters. The van der Waals surface area contributed by atoms with Crippen molar-refractivity contribution in [3.05, 3.63) is 58.5 Å². The molecule has 0 aliphatic rings. The number of fused-ring (bicyclic) bond motifs is 1. The highest BCUT2D eigenvalue weighted by atomic mass is 32.1. The Morgan fingerprint density at radius 3 is 1.95 bits per heavy atom. The molecular formula is C29H35N4O4S2Si+. The number of rotatable bonds is 13. The molecule has 0 N–H and O–H groups in total. The van der Waals surface area contributed by atoms with Gasteiger partial charge in [-0.2, -0.15) is 0 Å². The van der Waals surface area contributed by atoms with Crippen molar-refractivity contribution in [2.24, 2.45) is 0 Å². The van der Waals surface area contributed by atoms with Crippen LogP contribution in [0.15, 0.2) is 53.4 Å². The van der Waals surface area contributed by atoms with Crippen molar-refractivity contribution in [2.75, 3.05) is 19.8 Å². The molecule has 5 heterocycles. The monoisotopic (exact) mass is 595 g/mol. The van der Waals surface area contributed by atoms with E-state index in [1.54, 1.807) is 22.7 Å². The summed E-state index contributed by atoms with van der Waals surface area (Å²) in [5.74, 6) is 0. The molecule has 0 atom stereocenters. The van der Waals surface area contributed by atoms with Crippen LogP contribution in [0.2, 0.25) is 6.04 Å². The minimum Gasteiger partial charge on any atom is -0.374 e. The maximum atomic E-state index is 6.02. The van der Waals surface area contributed by atoms with Crippen molar-refractivity contribution in [1.82, 2.24) is 15.3 Å². The average molecular weight is 596 g/mol. The Morgan fingerprint density at radius 2 is 1.38 bits per heavy atom. The third-order valence-electron chi connectivity index (χ3n) is 6.53. The Hall–Kier alpha value is -2.80. The Kier molecular flexibility index (Phi) is 9.19. The molecule has 0 saturated heterocycles. The second-order valence-corrected chi connectivity index (χ2v) is 14.7. The molecular weight excluding hydrogens is 561 g/mol. The molecule has 210 valence electrons. The third-order valence-corrected chi connectivity index (χ3v) is 11.7. The largest absolute Gasteiger partial charge is 0.501 e. The first-order chi connectivity index (χ1) is 19.5. The van der Waals surface area contributed by atoms with Gasteiger partial charge in [0.1, 0.15) is 17.8 Å². The predicted molar refractivity (Wildman–Crippen MR) is 161 cm³/mol. The molecule has 40 heavy (non-hydrogen) atoms. The fraction of sp³-hybridized carbons (Fsp3) is 0.379. The van der Waals surface area contributed by atoms with Gasteiger partial charge in [0.05, 0.1) is 10.6 Å². The number of hydrogen-bond acceptors (Lipinski definition) is 9. The molecule has 0 aliphatic heterocycles. The van der Waals surface area contributed by atoms with E-state index in [0.29, 0.717) is 25.3 Å². The Balaban J connectivity index is 1.47. The summed E-state index contributed by atoms with van der Waals surface area (Å²) < 4.78 is 25.5. The van der Waals surface area contributed by atoms with Crippen LogP contribution >= 0.6 is 22.7 Å². The number of thiophene rings is 2. The minimum atomic E-state index is -2.66. The molecule has 5 rings (SSSR count). The summed E-state index contributed by atoms with van der Waals surface area (Å²) in [5, 5.41) is 8.63. The number of hydrogen-bond donors (Lipinski definition) is 0. The van der Waals surface area contributed by atoms with Gasteiger partial charge in [0.25, 0.3) is 0 Å². The van der Waals surface area contributed by atoms with E-state index in [-0.39, 0.29) is 0 Å². The van der Waals surface area contributed by atoms with Crippen LogP contribution in [0, 0.1) is 13.8 Å². The van der Waals surface area contributed by atoms with Crippen molar-refractivity contribution >= 4 is 42.5 Å². The van der Waals surface area contributed by atoms with Crippen LogP contribution in [-0.4, -0.2) is 43.9 Å². The molecule has 0 amide bonds. The van der Waals surface area contributed by atoms with Gasteiger partial charge in [-0.05, 0) is 69.2 Å². The smallest absolute Gasteiger partial charge is 0.374 e. The highest BCUT2D eigenvalue weighted by Crippen LogP contribution is 2.42. The number of nitrogens with zero attached hydrogens (tertiary/aromatic N) is 4. The Morgan fingerprint density at radius 1 is 0.775 bits per heavy atom. The summed E-state index contributed by atoms with van der Waals surface area (Å²) in [6, 6.07) is 13.4. The topological polar surface area (TPSA) is 83.4 Å². The molecule has 5 aromatic heterocycles. The lowest BCUT2D eigenvalue weighted by atomic mass is 10.0. The van der Waals surface area contributed by atoms with Crippen LogP contribution in [0.4, 0.5) is 0 Å². The van der Waals surface area contributed by atoms with Crippen molar-refractivity contribution < 1.29 is 22.5 Å². The summed E-state index contributed by atoms with van der Waals surface area (Å²) in [6.45, 7) is 12.8. The van der Waals surface area contributed by atoms with E-state index in [9.17, 15) is 0 Å². The van der Waals surface area contributed by atoms with Gasteiger partial charge in [-0.3, -0.25) is 0 Å². The standard InChI is InChI=1S/C29H35N4O4S2Si/c1-6-34-40(35-7-2,36-8-3)19-9-16-33-17-14-22(15-18-33)26-25(23-12-10-20(4)38-23)28-29(32-37-31-28)27(30-26)24-13-11-21(5)39-24/h10-15,17-18H,6-9,16,19H2,1-5H3/q+1. The summed E-state index contributed by atoms with van der Waals surface area (Å²) in [4.78, 5) is 9.78. The van der Waals surface area contributed by atoms with Gasteiger partial charge in [0.2, 0.25) is 0 Å². The van der Waals surface area contributed by atoms with Crippen molar-refractivity contribution in [2.45, 2.75) is 53.6 Å². The van der Waals surface area contributed by atoms with Crippen molar-refractivity contribution in [3.8, 4) is 32.3 Å². The highest BCUT2D eigenvalue weighted by Gasteiger charge is 2.40. The zero-order chi connectivity index (χ0) is 28.1. The summed E-state index contributed by atoms with van der Waals surface area (Å²) in [7, 11) is -2.66. The van der Waals surface area contributed by atoms with E-state index in [2.05, 4.69) is 77.5 Å². The summed E-state index contributed by atoms with van der Waals surface area (Å²) in [6.07, 6.45) is 5.10. The molecule has 0 radical (unpaired) electrons. The van der Waals surface area contributed by atoms with E-state index in [4.69, 9.17) is 22.9 Å². The van der Waals surface area contributed by atoms with E-state index in [1.807, 2.05) is 20.8 Å². The van der Waals surface area contributed by atoms with Crippen LogP contribution in [0.3, 0.4) is 0 Å². The molecule has 0 aliphatic carbocycles. The maximum Gasteiger partial charge on any atom is 0.501 e. The molecule has 0 bridgehead atoms. The van der Waals surface area contributed by atoms with Crippen LogP contribution < -0.4 is 4.57 Å². The first kappa shape index (κ1) is 28.7. The normalized spacial score (nSPS) is 12.0.